The van der Waals surface area contributed by atoms with Crippen molar-refractivity contribution >= 4 is 76.9 Å². The molecule has 4 rings (SSSR count). The van der Waals surface area contributed by atoms with E-state index >= 15 is 0 Å². The first kappa shape index (κ1) is 80.4. The van der Waals surface area contributed by atoms with Crippen molar-refractivity contribution in [3.63, 3.8) is 0 Å². The molecule has 0 aliphatic carbocycles. The molecule has 4 aromatic rings. The van der Waals surface area contributed by atoms with Crippen LogP contribution in [0.25, 0.3) is 0 Å². The number of nitrogens with one attached hydrogen (secondary N) is 13. The third-order valence-electron chi connectivity index (χ3n) is 15.5. The van der Waals surface area contributed by atoms with Crippen LogP contribution in [0.4, 0.5) is 0 Å². The molecule has 98 heavy (non-hydrogen) atoms. The average molecular weight is 1370 g/mol. The van der Waals surface area contributed by atoms with Crippen molar-refractivity contribution < 1.29 is 67.4 Å². The zero-order valence-corrected chi connectivity index (χ0v) is 57.5. The van der Waals surface area contributed by atoms with Gasteiger partial charge in [-0.1, -0.05) is 130 Å². The van der Waals surface area contributed by atoms with E-state index in [9.17, 15) is 67.4 Å². The number of carboxylic acid groups (broad SMARTS) is 1. The predicted molar refractivity (Wildman–Crippen MR) is 360 cm³/mol. The van der Waals surface area contributed by atoms with Crippen LogP contribution in [0.3, 0.4) is 0 Å². The Balaban J connectivity index is 1.57. The first-order valence-electron chi connectivity index (χ1n) is 32.8. The maximum Gasteiger partial charge on any atom is 0.325 e. The van der Waals surface area contributed by atoms with Crippen LogP contribution < -0.4 is 70.0 Å². The molecule has 0 spiro atoms. The Hall–Kier alpha value is -10.1. The molecule has 0 radical (unpaired) electrons. The summed E-state index contributed by atoms with van der Waals surface area (Å²) in [6.07, 6.45) is 4.31. The topological polar surface area (TPSA) is 484 Å². The fraction of sp³-hybridized carbons (Fsp3) is 0.537. The number of H-pyrrole nitrogens is 2. The van der Waals surface area contributed by atoms with Gasteiger partial charge in [0.05, 0.1) is 31.7 Å². The van der Waals surface area contributed by atoms with Crippen molar-refractivity contribution in [2.24, 2.45) is 41.1 Å². The van der Waals surface area contributed by atoms with Gasteiger partial charge in [0.15, 0.2) is 0 Å². The lowest BCUT2D eigenvalue weighted by molar-refractivity contribution is -0.142. The van der Waals surface area contributed by atoms with E-state index in [0.717, 1.165) is 0 Å². The van der Waals surface area contributed by atoms with Crippen molar-refractivity contribution in [3.8, 4) is 0 Å². The van der Waals surface area contributed by atoms with Crippen LogP contribution in [0.1, 0.15) is 124 Å². The first-order valence-corrected chi connectivity index (χ1v) is 32.8. The molecule has 12 amide bonds. The predicted octanol–water partition coefficient (Wildman–Crippen LogP) is -0.875. The van der Waals surface area contributed by atoms with E-state index in [1.165, 1.54) is 32.0 Å². The number of aliphatic carboxylic acids is 1. The molecule has 0 saturated carbocycles. The van der Waals surface area contributed by atoms with Crippen LogP contribution in [-0.4, -0.2) is 175 Å². The molecule has 18 N–H and O–H groups in total. The normalized spacial score (nSPS) is 14.7. The largest absolute Gasteiger partial charge is 0.480 e. The second-order valence-corrected chi connectivity index (χ2v) is 26.3. The van der Waals surface area contributed by atoms with Gasteiger partial charge in [-0.3, -0.25) is 62.3 Å². The Morgan fingerprint density at radius 1 is 0.418 bits per heavy atom. The molecule has 31 heteroatoms. The Labute approximate surface area is 570 Å². The SMILES string of the molecule is CC(C)C[C@H](NC(=O)[C@H](Cc1ccccc1)NC(=O)[C@H](CC(C)C)NC(=O)[C@@H](NC(=O)[C@@H](N)CC(C)C)C(C)C)C(=O)N[C@@H](CC(N)=O)C(=O)N[C@@H](Cc1cnc[nH]1)C(=O)NCC(=O)N[C@@H](Cc1cnc[nH]1)C(=O)N[C@@H](Cc1ccccc1)C(=O)N[C@H](C(=O)N[C@@H](C)C(=O)O)C(C)C. The third kappa shape index (κ3) is 27.9. The number of imidazole rings is 2. The van der Waals surface area contributed by atoms with Gasteiger partial charge in [-0.05, 0) is 66.9 Å². The van der Waals surface area contributed by atoms with Gasteiger partial charge >= 0.3 is 5.97 Å². The van der Waals surface area contributed by atoms with Gasteiger partial charge in [-0.15, -0.1) is 0 Å². The van der Waals surface area contributed by atoms with Gasteiger partial charge in [0.1, 0.15) is 60.4 Å². The van der Waals surface area contributed by atoms with E-state index in [1.54, 1.807) is 102 Å². The summed E-state index contributed by atoms with van der Waals surface area (Å²) in [6, 6.07) is 2.58. The zero-order valence-electron chi connectivity index (χ0n) is 57.5. The number of nitrogens with two attached hydrogens (primary N) is 2. The van der Waals surface area contributed by atoms with Gasteiger partial charge in [0.2, 0.25) is 70.9 Å². The lowest BCUT2D eigenvalue weighted by Gasteiger charge is -2.29. The summed E-state index contributed by atoms with van der Waals surface area (Å²) in [5.74, 6) is -12.9. The minimum absolute atomic E-state index is 0.0413. The second-order valence-electron chi connectivity index (χ2n) is 26.3. The Kier molecular flexibility index (Phi) is 32.7. The molecule has 2 heterocycles. The number of aromatic nitrogens is 4. The molecule has 11 atom stereocenters. The van der Waals surface area contributed by atoms with Gasteiger partial charge in [-0.2, -0.15) is 0 Å². The van der Waals surface area contributed by atoms with E-state index in [-0.39, 0.29) is 56.3 Å². The minimum Gasteiger partial charge on any atom is -0.480 e. The number of carboxylic acids is 1. The third-order valence-corrected chi connectivity index (χ3v) is 15.5. The highest BCUT2D eigenvalue weighted by Crippen LogP contribution is 2.15. The summed E-state index contributed by atoms with van der Waals surface area (Å²) < 4.78 is 0. The quantitative estimate of drug-likeness (QED) is 0.0257. The Morgan fingerprint density at radius 3 is 1.17 bits per heavy atom. The number of amides is 12. The zero-order chi connectivity index (χ0) is 72.9. The minimum atomic E-state index is -1.78. The van der Waals surface area contributed by atoms with Gasteiger partial charge in [-0.25, -0.2) is 9.97 Å². The highest BCUT2D eigenvalue weighted by Gasteiger charge is 2.37. The Morgan fingerprint density at radius 2 is 0.776 bits per heavy atom. The second kappa shape index (κ2) is 39.8. The number of carbonyl (C=O) groups excluding carboxylic acids is 12. The van der Waals surface area contributed by atoms with Crippen LogP contribution in [-0.2, 0) is 88.0 Å². The molecule has 0 unspecified atom stereocenters. The lowest BCUT2D eigenvalue weighted by Crippen LogP contribution is -2.61. The monoisotopic (exact) mass is 1370 g/mol. The van der Waals surface area contributed by atoms with Crippen molar-refractivity contribution in [1.29, 1.82) is 0 Å². The Bertz CT molecular complexity index is 3290. The maximum absolute atomic E-state index is 14.6. The summed E-state index contributed by atoms with van der Waals surface area (Å²) >= 11 is 0. The van der Waals surface area contributed by atoms with Crippen LogP contribution >= 0.6 is 0 Å². The van der Waals surface area contributed by atoms with Crippen molar-refractivity contribution in [3.05, 3.63) is 108 Å². The standard InChI is InChI=1S/C67H99N17O14/c1-35(2)22-45(68)57(87)83-56(39(9)10)66(96)82-47(24-37(5)6)60(90)78-48(25-41-18-14-12-15-19-41)61(91)77-46(23-36(3)4)59(89)81-52(29-53(69)85)63(93)80-50(27-43-30-70-33-73-43)58(88)72-32-54(86)76-51(28-44-31-71-34-74-44)62(92)79-49(26-42-20-16-13-17-21-42)64(94)84-55(38(7)8)65(95)75-40(11)67(97)98/h12-21,30-31,33-40,45-52,55-56H,22-29,32,68H2,1-11H3,(H2,69,85)(H,70,73)(H,71,74)(H,72,88)(H,75,95)(H,76,86)(H,77,91)(H,78,90)(H,79,92)(H,80,93)(H,81,89)(H,82,96)(H,83,87)(H,84,94)(H,97,98)/t40-,45-,46-,47-,48-,49-,50-,51-,52-,55-,56-/m0/s1. The summed E-state index contributed by atoms with van der Waals surface area (Å²) in [6.45, 7) is 18.2. The molecular weight excluding hydrogens is 1270 g/mol. The highest BCUT2D eigenvalue weighted by atomic mass is 16.4. The molecule has 2 aromatic heterocycles. The maximum atomic E-state index is 14.6. The molecule has 0 fully saturated rings. The molecule has 2 aromatic carbocycles. The van der Waals surface area contributed by atoms with Crippen molar-refractivity contribution in [2.45, 2.75) is 194 Å². The highest BCUT2D eigenvalue weighted by molar-refractivity contribution is 6.00. The fourth-order valence-corrected chi connectivity index (χ4v) is 10.3. The number of aromatic amines is 2. The lowest BCUT2D eigenvalue weighted by atomic mass is 9.98. The molecule has 31 nitrogen and oxygen atoms in total. The molecule has 536 valence electrons. The number of benzene rings is 2. The van der Waals surface area contributed by atoms with Crippen LogP contribution in [0.15, 0.2) is 85.7 Å². The number of primary amides is 1. The van der Waals surface area contributed by atoms with E-state index in [4.69, 9.17) is 11.5 Å². The van der Waals surface area contributed by atoms with Gasteiger partial charge in [0, 0.05) is 49.5 Å². The van der Waals surface area contributed by atoms with Crippen LogP contribution in [0.2, 0.25) is 0 Å². The summed E-state index contributed by atoms with van der Waals surface area (Å²) in [4.78, 5) is 193. The van der Waals surface area contributed by atoms with Crippen LogP contribution in [0.5, 0.6) is 0 Å². The summed E-state index contributed by atoms with van der Waals surface area (Å²) in [5.41, 5.74) is 13.7. The molecule has 0 bridgehead atoms. The number of hydrogen-bond acceptors (Lipinski definition) is 16. The summed E-state index contributed by atoms with van der Waals surface area (Å²) in [5, 5.41) is 38.1. The first-order chi connectivity index (χ1) is 46.2. The van der Waals surface area contributed by atoms with Gasteiger partial charge in [0.25, 0.3) is 0 Å². The van der Waals surface area contributed by atoms with E-state index in [2.05, 4.69) is 78.4 Å². The van der Waals surface area contributed by atoms with E-state index in [1.807, 2.05) is 27.7 Å². The number of carbonyl (C=O) groups is 13. The molecule has 0 aliphatic rings. The average Bonchev–Trinajstić information content (AvgIpc) is 0.937. The van der Waals surface area contributed by atoms with Crippen molar-refractivity contribution in [2.75, 3.05) is 6.54 Å². The molecule has 0 saturated heterocycles. The van der Waals surface area contributed by atoms with E-state index in [0.29, 0.717) is 28.9 Å². The number of rotatable bonds is 41. The number of hydrogen-bond donors (Lipinski definition) is 16. The molecule has 0 aliphatic heterocycles. The smallest absolute Gasteiger partial charge is 0.325 e. The van der Waals surface area contributed by atoms with Crippen LogP contribution in [0, 0.1) is 29.6 Å². The fourth-order valence-electron chi connectivity index (χ4n) is 10.3. The number of nitrogens with zero attached hydrogens (tertiary/aromatic N) is 2. The van der Waals surface area contributed by atoms with E-state index < -0.39 is 168 Å². The summed E-state index contributed by atoms with van der Waals surface area (Å²) in [7, 11) is 0. The molecular formula is C67H99N17O14. The van der Waals surface area contributed by atoms with Crippen molar-refractivity contribution in [1.82, 2.24) is 78.4 Å². The van der Waals surface area contributed by atoms with Gasteiger partial charge < -0.3 is 85.0 Å².